The van der Waals surface area contributed by atoms with Crippen LogP contribution in [-0.2, 0) is 0 Å². The number of halogens is 6. The summed E-state index contributed by atoms with van der Waals surface area (Å²) < 4.78 is 75.1. The Kier molecular flexibility index (Phi) is 5.37. The molecule has 3 heterocycles. The normalized spacial score (nSPS) is 23.4. The summed E-state index contributed by atoms with van der Waals surface area (Å²) in [7, 11) is -8.23. The van der Waals surface area contributed by atoms with Crippen LogP contribution in [0.15, 0.2) is 30.6 Å². The van der Waals surface area contributed by atoms with Gasteiger partial charge in [-0.05, 0) is 25.0 Å². The molecule has 2 saturated heterocycles. The maximum absolute atomic E-state index is 10.7. The van der Waals surface area contributed by atoms with Crippen molar-refractivity contribution in [2.45, 2.75) is 12.8 Å². The molecule has 0 aliphatic carbocycles. The van der Waals surface area contributed by atoms with Gasteiger partial charge in [0, 0.05) is 27.2 Å². The number of para-hydroxylation sites is 2. The Morgan fingerprint density at radius 3 is 1.97 bits per heavy atom. The van der Waals surface area contributed by atoms with Gasteiger partial charge in [-0.1, -0.05) is 12.1 Å². The average molecular weight is 465 g/mol. The van der Waals surface area contributed by atoms with Crippen LogP contribution in [0.3, 0.4) is 0 Å². The standard InChI is InChI=1S/C15H23N5OP.F6P/c1-17-11-12-18(2)22(17,19-9-5-6-10-19)21-20-13-16-14-7-3-4-8-15(14)20;1-7(2,3,4,5)6/h3-4,7-8,13H,5-6,9-12H2,1-2H3;/q+1;-1. The second-order valence-corrected chi connectivity index (χ2v) is 12.1. The predicted octanol–water partition coefficient (Wildman–Crippen LogP) is 5.50. The molecule has 14 heteroatoms. The van der Waals surface area contributed by atoms with Crippen LogP contribution in [-0.4, -0.2) is 64.0 Å². The third-order valence-corrected chi connectivity index (χ3v) is 8.42. The predicted molar refractivity (Wildman–Crippen MR) is 103 cm³/mol. The summed E-state index contributed by atoms with van der Waals surface area (Å²) in [5.74, 6) is 0. The number of likely N-dealkylation sites (N-methyl/N-ethyl adjacent to an activating group) is 2. The van der Waals surface area contributed by atoms with Gasteiger partial charge in [0.1, 0.15) is 11.8 Å². The molecule has 6 nitrogen and oxygen atoms in total. The Labute approximate surface area is 164 Å². The first-order chi connectivity index (χ1) is 13.2. The molecule has 1 aromatic heterocycles. The number of hydrogen-bond donors (Lipinski definition) is 0. The Morgan fingerprint density at radius 2 is 1.41 bits per heavy atom. The van der Waals surface area contributed by atoms with E-state index in [1.165, 1.54) is 12.8 Å². The van der Waals surface area contributed by atoms with Gasteiger partial charge in [-0.2, -0.15) is 0 Å². The summed E-state index contributed by atoms with van der Waals surface area (Å²) in [6.45, 7) is 4.34. The number of rotatable bonds is 3. The van der Waals surface area contributed by atoms with Crippen LogP contribution in [0.5, 0.6) is 0 Å². The van der Waals surface area contributed by atoms with E-state index in [1.807, 2.05) is 29.3 Å². The minimum absolute atomic E-state index is 0.978. The summed E-state index contributed by atoms with van der Waals surface area (Å²) in [5.41, 5.74) is 2.02. The Balaban J connectivity index is 0.000000298. The molecule has 0 saturated carbocycles. The van der Waals surface area contributed by atoms with Crippen molar-refractivity contribution in [2.75, 3.05) is 40.3 Å². The number of nitrogens with zero attached hydrogens (tertiary/aromatic N) is 5. The van der Waals surface area contributed by atoms with Crippen molar-refractivity contribution in [3.8, 4) is 0 Å². The van der Waals surface area contributed by atoms with Crippen molar-refractivity contribution in [1.82, 2.24) is 23.7 Å². The van der Waals surface area contributed by atoms with Crippen LogP contribution in [0.4, 0.5) is 25.2 Å². The average Bonchev–Trinajstić information content (AvgIpc) is 3.29. The molecule has 166 valence electrons. The van der Waals surface area contributed by atoms with Gasteiger partial charge in [-0.25, -0.2) is 9.61 Å². The molecule has 2 aliphatic rings. The number of imidazole rings is 1. The second kappa shape index (κ2) is 6.92. The molecular weight excluding hydrogens is 442 g/mol. The Morgan fingerprint density at radius 1 is 0.897 bits per heavy atom. The van der Waals surface area contributed by atoms with Crippen LogP contribution in [0, 0.1) is 0 Å². The zero-order chi connectivity index (χ0) is 21.6. The van der Waals surface area contributed by atoms with Crippen molar-refractivity contribution >= 4 is 26.8 Å². The van der Waals surface area contributed by atoms with Crippen LogP contribution < -0.4 is 4.62 Å². The molecule has 0 bridgehead atoms. The Bertz CT molecular complexity index is 850. The molecule has 4 rings (SSSR count). The molecule has 0 unspecified atom stereocenters. The minimum atomic E-state index is -10.7. The first-order valence-corrected chi connectivity index (χ1v) is 12.5. The first kappa shape index (κ1) is 22.5. The SMILES string of the molecule is CN1CCN(C)[P+]1(On1cnc2ccccc21)N1CCCC1.F[P-](F)(F)(F)(F)F. The van der Waals surface area contributed by atoms with E-state index in [0.717, 1.165) is 37.2 Å². The van der Waals surface area contributed by atoms with Crippen molar-refractivity contribution in [3.63, 3.8) is 0 Å². The fraction of sp³-hybridized carbons (Fsp3) is 0.533. The van der Waals surface area contributed by atoms with E-state index in [2.05, 4.69) is 39.2 Å². The van der Waals surface area contributed by atoms with E-state index in [9.17, 15) is 25.2 Å². The monoisotopic (exact) mass is 465 g/mol. The fourth-order valence-electron chi connectivity index (χ4n) is 3.50. The second-order valence-electron chi connectivity index (χ2n) is 7.04. The van der Waals surface area contributed by atoms with Gasteiger partial charge < -0.3 is 0 Å². The van der Waals surface area contributed by atoms with Gasteiger partial charge in [0.05, 0.1) is 18.6 Å². The van der Waals surface area contributed by atoms with Gasteiger partial charge in [-0.15, -0.1) is 18.7 Å². The summed E-state index contributed by atoms with van der Waals surface area (Å²) in [4.78, 5) is 4.47. The summed E-state index contributed by atoms with van der Waals surface area (Å²) in [6, 6.07) is 8.14. The fourth-order valence-corrected chi connectivity index (χ4v) is 7.11. The summed E-state index contributed by atoms with van der Waals surface area (Å²) in [6.07, 6.45) is 4.33. The van der Waals surface area contributed by atoms with Gasteiger partial charge in [0.25, 0.3) is 0 Å². The molecule has 0 amide bonds. The van der Waals surface area contributed by atoms with Crippen LogP contribution in [0.25, 0.3) is 11.0 Å². The van der Waals surface area contributed by atoms with Gasteiger partial charge in [0.15, 0.2) is 0 Å². The van der Waals surface area contributed by atoms with Gasteiger partial charge >= 0.3 is 40.9 Å². The summed E-state index contributed by atoms with van der Waals surface area (Å²) in [5, 5.41) is 0. The van der Waals surface area contributed by atoms with Gasteiger partial charge in [0.2, 0.25) is 0 Å². The van der Waals surface area contributed by atoms with E-state index in [4.69, 9.17) is 4.62 Å². The third kappa shape index (κ3) is 5.70. The van der Waals surface area contributed by atoms with Crippen molar-refractivity contribution in [1.29, 1.82) is 0 Å². The topological polar surface area (TPSA) is 36.8 Å². The molecule has 0 spiro atoms. The molecule has 2 aromatic rings. The van der Waals surface area contributed by atoms with Crippen molar-refractivity contribution < 1.29 is 29.8 Å². The molecule has 29 heavy (non-hydrogen) atoms. The van der Waals surface area contributed by atoms with E-state index in [0.29, 0.717) is 0 Å². The van der Waals surface area contributed by atoms with Crippen molar-refractivity contribution in [2.24, 2.45) is 0 Å². The van der Waals surface area contributed by atoms with Crippen LogP contribution in [0.2, 0.25) is 0 Å². The molecule has 2 fully saturated rings. The third-order valence-electron chi connectivity index (χ3n) is 4.71. The zero-order valence-electron chi connectivity index (χ0n) is 15.9. The molecule has 0 atom stereocenters. The quantitative estimate of drug-likeness (QED) is 0.442. The van der Waals surface area contributed by atoms with E-state index >= 15 is 0 Å². The van der Waals surface area contributed by atoms with E-state index in [1.54, 1.807) is 0 Å². The number of fused-ring (bicyclic) bond motifs is 1. The molecule has 2 aliphatic heterocycles. The van der Waals surface area contributed by atoms with Gasteiger partial charge in [-0.3, -0.25) is 0 Å². The van der Waals surface area contributed by atoms with Crippen LogP contribution >= 0.6 is 15.8 Å². The molecule has 0 N–H and O–H groups in total. The molecule has 1 aromatic carbocycles. The molecular formula is C15H23F6N5OP2. The first-order valence-electron chi connectivity index (χ1n) is 8.93. The number of aromatic nitrogens is 2. The number of benzene rings is 1. The van der Waals surface area contributed by atoms with E-state index in [-0.39, 0.29) is 0 Å². The Hall–Kier alpha value is -1.19. The summed E-state index contributed by atoms with van der Waals surface area (Å²) >= 11 is 0. The maximum atomic E-state index is 9.87. The molecule has 0 radical (unpaired) electrons. The van der Waals surface area contributed by atoms with Crippen LogP contribution in [0.1, 0.15) is 12.8 Å². The number of hydrogen-bond acceptors (Lipinski definition) is 5. The zero-order valence-corrected chi connectivity index (χ0v) is 17.7. The van der Waals surface area contributed by atoms with E-state index < -0.39 is 15.8 Å². The van der Waals surface area contributed by atoms with Crippen molar-refractivity contribution in [3.05, 3.63) is 30.6 Å².